The van der Waals surface area contributed by atoms with Crippen molar-refractivity contribution in [3.63, 3.8) is 0 Å². The zero-order valence-electron chi connectivity index (χ0n) is 27.0. The molecule has 258 valence electrons. The van der Waals surface area contributed by atoms with Gasteiger partial charge in [0.05, 0.1) is 40.0 Å². The maximum atomic E-state index is 14.3. The first-order valence-corrected chi connectivity index (χ1v) is 17.4. The van der Waals surface area contributed by atoms with E-state index in [-0.39, 0.29) is 63.7 Å². The fourth-order valence-electron chi connectivity index (χ4n) is 6.38. The number of para-hydroxylation sites is 1. The van der Waals surface area contributed by atoms with Crippen LogP contribution in [-0.4, -0.2) is 92.3 Å². The number of anilines is 1. The van der Waals surface area contributed by atoms with Gasteiger partial charge in [-0.25, -0.2) is 9.78 Å². The summed E-state index contributed by atoms with van der Waals surface area (Å²) in [6, 6.07) is 16.7. The second-order valence-corrected chi connectivity index (χ2v) is 14.1. The Morgan fingerprint density at radius 2 is 1.88 bits per heavy atom. The van der Waals surface area contributed by atoms with Gasteiger partial charge in [0.1, 0.15) is 24.6 Å². The van der Waals surface area contributed by atoms with Gasteiger partial charge < -0.3 is 30.7 Å². The lowest BCUT2D eigenvalue weighted by molar-refractivity contribution is -0.158. The molecule has 2 saturated heterocycles. The van der Waals surface area contributed by atoms with E-state index in [4.69, 9.17) is 38.8 Å². The highest BCUT2D eigenvalue weighted by Gasteiger charge is 2.52. The average Bonchev–Trinajstić information content (AvgIpc) is 3.61. The number of hydrogen-bond donors (Lipinski definition) is 3. The lowest BCUT2D eigenvalue weighted by atomic mass is 9.99. The van der Waals surface area contributed by atoms with Gasteiger partial charge in [-0.05, 0) is 60.9 Å². The standard InChI is InChI=1S/C34H37Cl2N7O5S/c1-20(2)43(34(47)38-16-22-8-11-25(35)26(36)14-22)41-19-30(45)42-27(15-21-6-9-24(10-7-21)48-13-12-44)32(46)40(18-29(41)42)17-23-4-3-5-28-31(23)39-33(37)49-28/h3-11,14,20,27,29,44H,12-13,15-19H2,1-2H3,(H2,37,39)(H,38,47)/t27-,29+/m0/s1. The monoisotopic (exact) mass is 725 g/mol. The number of aliphatic hydroxyl groups is 1. The largest absolute Gasteiger partial charge is 0.491 e. The Morgan fingerprint density at radius 1 is 1.12 bits per heavy atom. The zero-order chi connectivity index (χ0) is 34.8. The third-order valence-electron chi connectivity index (χ3n) is 8.56. The summed E-state index contributed by atoms with van der Waals surface area (Å²) in [4.78, 5) is 49.9. The smallest absolute Gasteiger partial charge is 0.332 e. The van der Waals surface area contributed by atoms with Crippen LogP contribution in [0.2, 0.25) is 10.0 Å². The normalized spacial score (nSPS) is 18.0. The molecule has 4 N–H and O–H groups in total. The van der Waals surface area contributed by atoms with E-state index >= 15 is 0 Å². The van der Waals surface area contributed by atoms with E-state index in [0.29, 0.717) is 20.9 Å². The molecule has 0 unspecified atom stereocenters. The number of hydrazine groups is 1. The van der Waals surface area contributed by atoms with Crippen LogP contribution in [0.25, 0.3) is 10.2 Å². The molecule has 4 aromatic rings. The number of amides is 4. The third kappa shape index (κ3) is 7.41. The predicted octanol–water partition coefficient (Wildman–Crippen LogP) is 4.52. The molecule has 2 aliphatic heterocycles. The molecule has 1 aromatic heterocycles. The summed E-state index contributed by atoms with van der Waals surface area (Å²) >= 11 is 13.6. The summed E-state index contributed by atoms with van der Waals surface area (Å²) in [5, 5.41) is 16.6. The van der Waals surface area contributed by atoms with Gasteiger partial charge in [-0.1, -0.05) is 64.9 Å². The van der Waals surface area contributed by atoms with Gasteiger partial charge in [-0.15, -0.1) is 0 Å². The van der Waals surface area contributed by atoms with Crippen LogP contribution in [0.3, 0.4) is 0 Å². The highest BCUT2D eigenvalue weighted by atomic mass is 35.5. The van der Waals surface area contributed by atoms with Crippen molar-refractivity contribution >= 4 is 67.7 Å². The number of urea groups is 1. The Kier molecular flexibility index (Phi) is 10.5. The van der Waals surface area contributed by atoms with Gasteiger partial charge >= 0.3 is 6.03 Å². The van der Waals surface area contributed by atoms with Crippen LogP contribution in [0.15, 0.2) is 60.7 Å². The van der Waals surface area contributed by atoms with E-state index in [9.17, 15) is 14.4 Å². The van der Waals surface area contributed by atoms with Crippen LogP contribution in [0.5, 0.6) is 5.75 Å². The molecule has 4 amide bonds. The molecule has 3 aromatic carbocycles. The van der Waals surface area contributed by atoms with Crippen molar-refractivity contribution < 1.29 is 24.2 Å². The topological polar surface area (TPSA) is 145 Å². The summed E-state index contributed by atoms with van der Waals surface area (Å²) in [5.41, 5.74) is 9.21. The average molecular weight is 727 g/mol. The Morgan fingerprint density at radius 3 is 2.59 bits per heavy atom. The first-order chi connectivity index (χ1) is 23.5. The number of halogens is 2. The molecule has 15 heteroatoms. The van der Waals surface area contributed by atoms with Crippen molar-refractivity contribution in [1.82, 2.24) is 30.1 Å². The number of nitrogens with zero attached hydrogens (tertiary/aromatic N) is 5. The van der Waals surface area contributed by atoms with Crippen molar-refractivity contribution in [2.75, 3.05) is 32.0 Å². The van der Waals surface area contributed by atoms with Crippen molar-refractivity contribution in [3.05, 3.63) is 87.4 Å². The van der Waals surface area contributed by atoms with Crippen molar-refractivity contribution in [2.45, 2.75) is 51.6 Å². The number of hydrogen-bond acceptors (Lipinski definition) is 9. The molecule has 2 fully saturated rings. The number of ether oxygens (including phenoxy) is 1. The molecule has 3 heterocycles. The fourth-order valence-corrected chi connectivity index (χ4v) is 7.49. The number of nitrogens with two attached hydrogens (primary N) is 1. The lowest BCUT2D eigenvalue weighted by Gasteiger charge is -2.47. The number of benzene rings is 3. The molecule has 6 rings (SSSR count). The van der Waals surface area contributed by atoms with Crippen LogP contribution in [-0.2, 0) is 29.1 Å². The number of nitrogens with one attached hydrogen (secondary N) is 1. The minimum absolute atomic E-state index is 0.0766. The highest BCUT2D eigenvalue weighted by molar-refractivity contribution is 7.22. The molecule has 0 saturated carbocycles. The lowest BCUT2D eigenvalue weighted by Crippen LogP contribution is -2.66. The third-order valence-corrected chi connectivity index (χ3v) is 10.1. The zero-order valence-corrected chi connectivity index (χ0v) is 29.3. The van der Waals surface area contributed by atoms with Gasteiger partial charge in [0.2, 0.25) is 11.8 Å². The minimum Gasteiger partial charge on any atom is -0.491 e. The number of carbonyl (C=O) groups is 3. The quantitative estimate of drug-likeness (QED) is 0.205. The SMILES string of the molecule is CC(C)N(C(=O)NCc1ccc(Cl)c(Cl)c1)N1CC(=O)N2[C@@H](Cc3ccc(OCCO)cc3)C(=O)N(Cc3cccc4sc(N)nc34)C[C@@H]21. The van der Waals surface area contributed by atoms with Gasteiger partial charge in [0.15, 0.2) is 5.13 Å². The van der Waals surface area contributed by atoms with E-state index in [2.05, 4.69) is 10.3 Å². The number of piperazine rings is 1. The summed E-state index contributed by atoms with van der Waals surface area (Å²) in [5.74, 6) is 0.140. The van der Waals surface area contributed by atoms with Gasteiger partial charge in [0, 0.05) is 25.6 Å². The number of aliphatic hydroxyl groups excluding tert-OH is 1. The highest BCUT2D eigenvalue weighted by Crippen LogP contribution is 2.33. The molecular weight excluding hydrogens is 689 g/mol. The second-order valence-electron chi connectivity index (χ2n) is 12.2. The molecular formula is C34H37Cl2N7O5S. The fraction of sp³-hybridized carbons (Fsp3) is 0.353. The van der Waals surface area contributed by atoms with Crippen LogP contribution >= 0.6 is 34.5 Å². The summed E-state index contributed by atoms with van der Waals surface area (Å²) < 4.78 is 6.43. The minimum atomic E-state index is -0.826. The van der Waals surface area contributed by atoms with Gasteiger partial charge in [-0.3, -0.25) is 14.6 Å². The Hall–Kier alpha value is -4.14. The van der Waals surface area contributed by atoms with Crippen molar-refractivity contribution in [3.8, 4) is 5.75 Å². The van der Waals surface area contributed by atoms with E-state index < -0.39 is 18.2 Å². The van der Waals surface area contributed by atoms with Crippen LogP contribution < -0.4 is 15.8 Å². The van der Waals surface area contributed by atoms with E-state index in [1.54, 1.807) is 50.1 Å². The summed E-state index contributed by atoms with van der Waals surface area (Å²) in [6.45, 7) is 4.36. The number of rotatable bonds is 11. The summed E-state index contributed by atoms with van der Waals surface area (Å²) in [6.07, 6.45) is -0.356. The van der Waals surface area contributed by atoms with Crippen LogP contribution in [0, 0.1) is 0 Å². The van der Waals surface area contributed by atoms with Gasteiger partial charge in [-0.2, -0.15) is 5.01 Å². The van der Waals surface area contributed by atoms with E-state index in [0.717, 1.165) is 26.9 Å². The number of nitrogen functional groups attached to an aromatic ring is 1. The summed E-state index contributed by atoms with van der Waals surface area (Å²) in [7, 11) is 0. The second kappa shape index (κ2) is 14.8. The van der Waals surface area contributed by atoms with Crippen LogP contribution in [0.1, 0.15) is 30.5 Å². The molecule has 0 aliphatic carbocycles. The molecule has 2 atom stereocenters. The first kappa shape index (κ1) is 34.7. The predicted molar refractivity (Wildman–Crippen MR) is 189 cm³/mol. The van der Waals surface area contributed by atoms with Crippen LogP contribution in [0.4, 0.5) is 9.93 Å². The Balaban J connectivity index is 1.30. The van der Waals surface area contributed by atoms with Crippen molar-refractivity contribution in [2.24, 2.45) is 0 Å². The van der Waals surface area contributed by atoms with E-state index in [1.165, 1.54) is 11.3 Å². The molecule has 0 bridgehead atoms. The van der Waals surface area contributed by atoms with E-state index in [1.807, 2.05) is 44.2 Å². The number of carbonyl (C=O) groups excluding carboxylic acids is 3. The first-order valence-electron chi connectivity index (χ1n) is 15.9. The maximum Gasteiger partial charge on any atom is 0.332 e. The molecule has 2 aliphatic rings. The molecule has 12 nitrogen and oxygen atoms in total. The number of aromatic nitrogens is 1. The Labute approximate surface area is 297 Å². The Bertz CT molecular complexity index is 1860. The van der Waals surface area contributed by atoms with Gasteiger partial charge in [0.25, 0.3) is 0 Å². The molecule has 49 heavy (non-hydrogen) atoms. The molecule has 0 spiro atoms. The number of thiazole rings is 1. The number of fused-ring (bicyclic) bond motifs is 2. The maximum absolute atomic E-state index is 14.3. The van der Waals surface area contributed by atoms with Crippen molar-refractivity contribution in [1.29, 1.82) is 0 Å². The molecule has 0 radical (unpaired) electrons.